The van der Waals surface area contributed by atoms with Crippen molar-refractivity contribution in [3.63, 3.8) is 0 Å². The molecule has 1 saturated heterocycles. The van der Waals surface area contributed by atoms with E-state index >= 15 is 0 Å². The van der Waals surface area contributed by atoms with Crippen molar-refractivity contribution in [1.29, 1.82) is 0 Å². The van der Waals surface area contributed by atoms with Crippen molar-refractivity contribution in [3.8, 4) is 0 Å². The van der Waals surface area contributed by atoms with Crippen molar-refractivity contribution in [3.05, 3.63) is 11.8 Å². The van der Waals surface area contributed by atoms with Gasteiger partial charge < -0.3 is 15.8 Å². The molecule has 8 heteroatoms. The minimum absolute atomic E-state index is 0.0582. The molecule has 1 aliphatic heterocycles. The fourth-order valence-corrected chi connectivity index (χ4v) is 1.75. The van der Waals surface area contributed by atoms with E-state index in [9.17, 15) is 13.2 Å². The van der Waals surface area contributed by atoms with Crippen molar-refractivity contribution >= 4 is 11.8 Å². The van der Waals surface area contributed by atoms with Crippen molar-refractivity contribution in [1.82, 2.24) is 9.97 Å². The Hall–Kier alpha value is -1.57. The van der Waals surface area contributed by atoms with Crippen molar-refractivity contribution in [2.45, 2.75) is 25.1 Å². The Morgan fingerprint density at radius 1 is 1.44 bits per heavy atom. The molecule has 2 rings (SSSR count). The number of nitrogens with one attached hydrogen (secondary N) is 1. The second-order valence-electron chi connectivity index (χ2n) is 4.48. The summed E-state index contributed by atoms with van der Waals surface area (Å²) in [7, 11) is 0. The van der Waals surface area contributed by atoms with E-state index in [0.29, 0.717) is 19.6 Å². The van der Waals surface area contributed by atoms with E-state index in [4.69, 9.17) is 10.5 Å². The molecule has 0 aromatic carbocycles. The number of rotatable bonds is 2. The van der Waals surface area contributed by atoms with Gasteiger partial charge in [0.25, 0.3) is 0 Å². The van der Waals surface area contributed by atoms with Gasteiger partial charge in [-0.3, -0.25) is 0 Å². The zero-order valence-electron chi connectivity index (χ0n) is 9.71. The zero-order valence-corrected chi connectivity index (χ0v) is 9.71. The Morgan fingerprint density at radius 3 is 2.72 bits per heavy atom. The summed E-state index contributed by atoms with van der Waals surface area (Å²) in [6.07, 6.45) is -3.85. The average molecular weight is 262 g/mol. The number of halogens is 3. The van der Waals surface area contributed by atoms with Gasteiger partial charge >= 0.3 is 6.18 Å². The largest absolute Gasteiger partial charge is 0.433 e. The predicted molar refractivity (Wildman–Crippen MR) is 58.9 cm³/mol. The van der Waals surface area contributed by atoms with Gasteiger partial charge in [0, 0.05) is 12.7 Å². The van der Waals surface area contributed by atoms with Gasteiger partial charge in [0.15, 0.2) is 5.69 Å². The van der Waals surface area contributed by atoms with E-state index in [0.717, 1.165) is 6.07 Å². The van der Waals surface area contributed by atoms with Gasteiger partial charge in [0.2, 0.25) is 5.95 Å². The average Bonchev–Trinajstić information content (AvgIpc) is 2.62. The molecule has 1 aliphatic rings. The first-order valence-electron chi connectivity index (χ1n) is 5.36. The van der Waals surface area contributed by atoms with E-state index in [2.05, 4.69) is 15.3 Å². The van der Waals surface area contributed by atoms with Crippen molar-refractivity contribution in [2.24, 2.45) is 0 Å². The number of hydrogen-bond acceptors (Lipinski definition) is 5. The van der Waals surface area contributed by atoms with Crippen LogP contribution < -0.4 is 11.1 Å². The lowest BCUT2D eigenvalue weighted by atomic mass is 10.0. The molecule has 0 aliphatic carbocycles. The smallest absolute Gasteiger partial charge is 0.379 e. The fourth-order valence-electron chi connectivity index (χ4n) is 1.75. The van der Waals surface area contributed by atoms with Crippen LogP contribution in [0.2, 0.25) is 0 Å². The number of hydrogen-bond donors (Lipinski definition) is 2. The molecule has 0 spiro atoms. The van der Waals surface area contributed by atoms with Crippen molar-refractivity contribution < 1.29 is 17.9 Å². The van der Waals surface area contributed by atoms with E-state index in [1.54, 1.807) is 0 Å². The summed E-state index contributed by atoms with van der Waals surface area (Å²) in [6.45, 7) is 2.83. The molecule has 0 radical (unpaired) electrons. The van der Waals surface area contributed by atoms with Crippen LogP contribution in [0.4, 0.5) is 24.9 Å². The maximum atomic E-state index is 12.6. The van der Waals surface area contributed by atoms with E-state index in [1.165, 1.54) is 0 Å². The summed E-state index contributed by atoms with van der Waals surface area (Å²) in [5.41, 5.74) is 3.80. The van der Waals surface area contributed by atoms with Gasteiger partial charge in [-0.1, -0.05) is 0 Å². The molecule has 0 amide bonds. The molecule has 5 nitrogen and oxygen atoms in total. The fraction of sp³-hybridized carbons (Fsp3) is 0.600. The second kappa shape index (κ2) is 4.27. The summed E-state index contributed by atoms with van der Waals surface area (Å²) in [6, 6.07) is 0.847. The van der Waals surface area contributed by atoms with Gasteiger partial charge in [-0.05, 0) is 13.3 Å². The van der Waals surface area contributed by atoms with Crippen LogP contribution >= 0.6 is 0 Å². The van der Waals surface area contributed by atoms with Gasteiger partial charge in [-0.2, -0.15) is 18.2 Å². The Kier molecular flexibility index (Phi) is 3.05. The molecule has 1 aromatic heterocycles. The number of alkyl halides is 3. The van der Waals surface area contributed by atoms with E-state index < -0.39 is 23.4 Å². The number of nitrogen functional groups attached to an aromatic ring is 1. The summed E-state index contributed by atoms with van der Waals surface area (Å²) < 4.78 is 42.9. The van der Waals surface area contributed by atoms with E-state index in [-0.39, 0.29) is 5.82 Å². The monoisotopic (exact) mass is 262 g/mol. The zero-order chi connectivity index (χ0) is 13.4. The Balaban J connectivity index is 2.25. The third-order valence-corrected chi connectivity index (χ3v) is 2.68. The Bertz CT molecular complexity index is 443. The molecule has 0 saturated carbocycles. The van der Waals surface area contributed by atoms with Crippen LogP contribution in [0, 0.1) is 0 Å². The molecule has 3 N–H and O–H groups in total. The third-order valence-electron chi connectivity index (χ3n) is 2.68. The summed E-state index contributed by atoms with van der Waals surface area (Å²) in [5, 5.41) is 2.91. The normalized spacial score (nSPS) is 24.2. The minimum atomic E-state index is -4.54. The molecular weight excluding hydrogens is 249 g/mol. The SMILES string of the molecule is CC1(Nc2cc(C(F)(F)F)nc(N)n2)CCOC1. The molecule has 0 bridgehead atoms. The number of nitrogens with two attached hydrogens (primary N) is 1. The summed E-state index contributed by atoms with van der Waals surface area (Å²) >= 11 is 0. The predicted octanol–water partition coefficient (Wildman–Crippen LogP) is 1.67. The molecule has 2 heterocycles. The van der Waals surface area contributed by atoms with Crippen LogP contribution in [0.1, 0.15) is 19.0 Å². The topological polar surface area (TPSA) is 73.1 Å². The second-order valence-corrected chi connectivity index (χ2v) is 4.48. The van der Waals surface area contributed by atoms with Gasteiger partial charge in [-0.15, -0.1) is 0 Å². The molecular formula is C10H13F3N4O. The number of anilines is 2. The first-order valence-corrected chi connectivity index (χ1v) is 5.36. The molecule has 1 unspecified atom stereocenters. The van der Waals surface area contributed by atoms with Crippen LogP contribution in [0.15, 0.2) is 6.07 Å². The molecule has 1 atom stereocenters. The maximum Gasteiger partial charge on any atom is 0.433 e. The molecule has 18 heavy (non-hydrogen) atoms. The molecule has 1 aromatic rings. The van der Waals surface area contributed by atoms with Gasteiger partial charge in [-0.25, -0.2) is 4.98 Å². The van der Waals surface area contributed by atoms with E-state index in [1.807, 2.05) is 6.92 Å². The first-order chi connectivity index (χ1) is 8.28. The molecule has 100 valence electrons. The highest BCUT2D eigenvalue weighted by Crippen LogP contribution is 2.30. The number of ether oxygens (including phenoxy) is 1. The van der Waals surface area contributed by atoms with Crippen molar-refractivity contribution in [2.75, 3.05) is 24.3 Å². The quantitative estimate of drug-likeness (QED) is 0.848. The highest BCUT2D eigenvalue weighted by Gasteiger charge is 2.35. The van der Waals surface area contributed by atoms with Gasteiger partial charge in [0.05, 0.1) is 12.1 Å². The van der Waals surface area contributed by atoms with Crippen LogP contribution in [0.3, 0.4) is 0 Å². The lowest BCUT2D eigenvalue weighted by Crippen LogP contribution is -2.35. The lowest BCUT2D eigenvalue weighted by molar-refractivity contribution is -0.141. The Labute approximate surface area is 102 Å². The van der Waals surface area contributed by atoms with Crippen LogP contribution in [-0.4, -0.2) is 28.7 Å². The molecule has 1 fully saturated rings. The number of nitrogens with zero attached hydrogens (tertiary/aromatic N) is 2. The lowest BCUT2D eigenvalue weighted by Gasteiger charge is -2.24. The first kappa shape index (κ1) is 12.9. The summed E-state index contributed by atoms with van der Waals surface area (Å²) in [5.74, 6) is -0.349. The standard InChI is InChI=1S/C10H13F3N4O/c1-9(2-3-18-5-9)17-7-4-6(10(11,12)13)15-8(14)16-7/h4H,2-3,5H2,1H3,(H3,14,15,16,17). The minimum Gasteiger partial charge on any atom is -0.379 e. The van der Waals surface area contributed by atoms with Crippen LogP contribution in [-0.2, 0) is 10.9 Å². The van der Waals surface area contributed by atoms with Crippen LogP contribution in [0.25, 0.3) is 0 Å². The number of aromatic nitrogens is 2. The van der Waals surface area contributed by atoms with Crippen LogP contribution in [0.5, 0.6) is 0 Å². The Morgan fingerprint density at radius 2 is 2.17 bits per heavy atom. The van der Waals surface area contributed by atoms with Gasteiger partial charge in [0.1, 0.15) is 5.82 Å². The maximum absolute atomic E-state index is 12.6. The third kappa shape index (κ3) is 2.81. The highest BCUT2D eigenvalue weighted by atomic mass is 19.4. The summed E-state index contributed by atoms with van der Waals surface area (Å²) in [4.78, 5) is 6.93. The highest BCUT2D eigenvalue weighted by molar-refractivity contribution is 5.43.